The van der Waals surface area contributed by atoms with Crippen LogP contribution in [0.5, 0.6) is 0 Å². The first-order chi connectivity index (χ1) is 14.5. The Balaban J connectivity index is 1.58. The molecule has 0 spiro atoms. The van der Waals surface area contributed by atoms with Crippen molar-refractivity contribution in [2.24, 2.45) is 5.92 Å². The summed E-state index contributed by atoms with van der Waals surface area (Å²) in [5.74, 6) is -0.443. The highest BCUT2D eigenvalue weighted by Crippen LogP contribution is 2.32. The van der Waals surface area contributed by atoms with Crippen LogP contribution >= 0.6 is 0 Å². The molecule has 2 aliphatic rings. The van der Waals surface area contributed by atoms with Crippen LogP contribution in [-0.2, 0) is 25.8 Å². The number of nitrogens with zero attached hydrogens (tertiary/aromatic N) is 2. The SMILES string of the molecule is CC(=O)NC1CCN(C(=O)C2CCN(S(=O)(=O)c3cccc(C(F)(F)F)c3)CC2)CC1. The lowest BCUT2D eigenvalue weighted by molar-refractivity contribution is -0.138. The third-order valence-corrected chi connectivity index (χ3v) is 7.71. The van der Waals surface area contributed by atoms with E-state index < -0.39 is 26.7 Å². The summed E-state index contributed by atoms with van der Waals surface area (Å²) in [5.41, 5.74) is -1.01. The summed E-state index contributed by atoms with van der Waals surface area (Å²) in [6.07, 6.45) is -2.63. The third kappa shape index (κ3) is 5.57. The number of halogens is 3. The predicted molar refractivity (Wildman–Crippen MR) is 106 cm³/mol. The molecule has 0 bridgehead atoms. The molecule has 2 aliphatic heterocycles. The number of nitrogens with one attached hydrogen (secondary N) is 1. The summed E-state index contributed by atoms with van der Waals surface area (Å²) in [4.78, 5) is 25.3. The van der Waals surface area contributed by atoms with Crippen molar-refractivity contribution in [3.8, 4) is 0 Å². The molecule has 3 rings (SSSR count). The summed E-state index contributed by atoms with van der Waals surface area (Å²) < 4.78 is 65.5. The number of hydrogen-bond donors (Lipinski definition) is 1. The fraction of sp³-hybridized carbons (Fsp3) is 0.600. The van der Waals surface area contributed by atoms with Gasteiger partial charge in [-0.25, -0.2) is 8.42 Å². The van der Waals surface area contributed by atoms with Crippen LogP contribution in [0.15, 0.2) is 29.2 Å². The molecule has 2 amide bonds. The molecule has 0 aliphatic carbocycles. The number of amides is 2. The summed E-state index contributed by atoms with van der Waals surface area (Å²) in [5, 5.41) is 2.85. The van der Waals surface area contributed by atoms with E-state index in [1.807, 2.05) is 0 Å². The Morgan fingerprint density at radius 1 is 1.03 bits per heavy atom. The number of sulfonamides is 1. The summed E-state index contributed by atoms with van der Waals surface area (Å²) in [6.45, 7) is 2.69. The zero-order chi connectivity index (χ0) is 22.8. The maximum Gasteiger partial charge on any atom is 0.416 e. The lowest BCUT2D eigenvalue weighted by Gasteiger charge is -2.37. The maximum atomic E-state index is 12.9. The summed E-state index contributed by atoms with van der Waals surface area (Å²) >= 11 is 0. The van der Waals surface area contributed by atoms with Crippen molar-refractivity contribution >= 4 is 21.8 Å². The van der Waals surface area contributed by atoms with Gasteiger partial charge in [-0.15, -0.1) is 0 Å². The molecular weight excluding hydrogens is 435 g/mol. The van der Waals surface area contributed by atoms with E-state index in [9.17, 15) is 31.2 Å². The first kappa shape index (κ1) is 23.5. The van der Waals surface area contributed by atoms with E-state index in [-0.39, 0.29) is 36.9 Å². The molecule has 1 aromatic carbocycles. The van der Waals surface area contributed by atoms with Gasteiger partial charge in [0.05, 0.1) is 10.5 Å². The highest BCUT2D eigenvalue weighted by Gasteiger charge is 2.36. The first-order valence-corrected chi connectivity index (χ1v) is 11.7. The van der Waals surface area contributed by atoms with Gasteiger partial charge in [0.1, 0.15) is 0 Å². The van der Waals surface area contributed by atoms with Gasteiger partial charge < -0.3 is 10.2 Å². The Kier molecular flexibility index (Phi) is 6.95. The van der Waals surface area contributed by atoms with Gasteiger partial charge in [-0.3, -0.25) is 9.59 Å². The number of likely N-dealkylation sites (tertiary alicyclic amines) is 1. The highest BCUT2D eigenvalue weighted by molar-refractivity contribution is 7.89. The van der Waals surface area contributed by atoms with E-state index >= 15 is 0 Å². The van der Waals surface area contributed by atoms with Gasteiger partial charge in [-0.1, -0.05) is 6.07 Å². The molecule has 11 heteroatoms. The highest BCUT2D eigenvalue weighted by atomic mass is 32.2. The van der Waals surface area contributed by atoms with Crippen LogP contribution in [0.4, 0.5) is 13.2 Å². The molecule has 0 radical (unpaired) electrons. The van der Waals surface area contributed by atoms with Crippen LogP contribution in [0.2, 0.25) is 0 Å². The normalized spacial score (nSPS) is 19.9. The van der Waals surface area contributed by atoms with Gasteiger partial charge in [0.15, 0.2) is 0 Å². The van der Waals surface area contributed by atoms with Gasteiger partial charge in [-0.05, 0) is 43.9 Å². The summed E-state index contributed by atoms with van der Waals surface area (Å²) in [7, 11) is -4.07. The molecule has 31 heavy (non-hydrogen) atoms. The number of carbonyl (C=O) groups excluding carboxylic acids is 2. The molecule has 0 unspecified atom stereocenters. The Labute approximate surface area is 179 Å². The van der Waals surface area contributed by atoms with Crippen LogP contribution in [-0.4, -0.2) is 61.7 Å². The molecular formula is C20H26F3N3O4S. The number of rotatable bonds is 4. The van der Waals surface area contributed by atoms with Crippen LogP contribution in [0, 0.1) is 5.92 Å². The molecule has 0 aromatic heterocycles. The van der Waals surface area contributed by atoms with E-state index in [1.54, 1.807) is 4.90 Å². The van der Waals surface area contributed by atoms with E-state index in [4.69, 9.17) is 0 Å². The fourth-order valence-corrected chi connectivity index (χ4v) is 5.63. The molecule has 7 nitrogen and oxygen atoms in total. The minimum Gasteiger partial charge on any atom is -0.353 e. The fourth-order valence-electron chi connectivity index (χ4n) is 4.11. The second-order valence-electron chi connectivity index (χ2n) is 8.00. The van der Waals surface area contributed by atoms with Crippen molar-refractivity contribution < 1.29 is 31.2 Å². The van der Waals surface area contributed by atoms with Crippen molar-refractivity contribution in [2.45, 2.75) is 49.7 Å². The zero-order valence-corrected chi connectivity index (χ0v) is 18.0. The van der Waals surface area contributed by atoms with Crippen molar-refractivity contribution in [1.82, 2.24) is 14.5 Å². The average molecular weight is 462 g/mol. The van der Waals surface area contributed by atoms with E-state index in [0.717, 1.165) is 22.5 Å². The monoisotopic (exact) mass is 461 g/mol. The Hall–Kier alpha value is -2.14. The molecule has 1 N–H and O–H groups in total. The van der Waals surface area contributed by atoms with Gasteiger partial charge in [0, 0.05) is 45.1 Å². The predicted octanol–water partition coefficient (Wildman–Crippen LogP) is 2.23. The zero-order valence-electron chi connectivity index (χ0n) is 17.2. The topological polar surface area (TPSA) is 86.8 Å². The minimum atomic E-state index is -4.63. The quantitative estimate of drug-likeness (QED) is 0.745. The maximum absolute atomic E-state index is 12.9. The lowest BCUT2D eigenvalue weighted by Crippen LogP contribution is -2.49. The number of hydrogen-bond acceptors (Lipinski definition) is 4. The molecule has 172 valence electrons. The van der Waals surface area contributed by atoms with Crippen molar-refractivity contribution in [3.05, 3.63) is 29.8 Å². The van der Waals surface area contributed by atoms with Crippen LogP contribution in [0.25, 0.3) is 0 Å². The second kappa shape index (κ2) is 9.15. The van der Waals surface area contributed by atoms with E-state index in [1.165, 1.54) is 6.92 Å². The molecule has 2 heterocycles. The number of carbonyl (C=O) groups is 2. The van der Waals surface area contributed by atoms with Crippen LogP contribution in [0.1, 0.15) is 38.2 Å². The standard InChI is InChI=1S/C20H26F3N3O4S/c1-14(27)24-17-7-9-25(10-8-17)19(28)15-5-11-26(12-6-15)31(29,30)18-4-2-3-16(13-18)20(21,22)23/h2-4,13,15,17H,5-12H2,1H3,(H,24,27). The van der Waals surface area contributed by atoms with Crippen molar-refractivity contribution in [1.29, 1.82) is 0 Å². The van der Waals surface area contributed by atoms with E-state index in [2.05, 4.69) is 5.32 Å². The number of benzene rings is 1. The Morgan fingerprint density at radius 3 is 2.19 bits per heavy atom. The molecule has 2 fully saturated rings. The van der Waals surface area contributed by atoms with Crippen LogP contribution < -0.4 is 5.32 Å². The third-order valence-electron chi connectivity index (χ3n) is 5.82. The number of piperidine rings is 2. The molecule has 0 saturated carbocycles. The first-order valence-electron chi connectivity index (χ1n) is 10.2. The van der Waals surface area contributed by atoms with Crippen molar-refractivity contribution in [3.63, 3.8) is 0 Å². The summed E-state index contributed by atoms with van der Waals surface area (Å²) in [6, 6.07) is 3.77. The Morgan fingerprint density at radius 2 is 1.65 bits per heavy atom. The molecule has 0 atom stereocenters. The van der Waals surface area contributed by atoms with Gasteiger partial charge in [0.2, 0.25) is 21.8 Å². The molecule has 1 aromatic rings. The largest absolute Gasteiger partial charge is 0.416 e. The van der Waals surface area contributed by atoms with E-state index in [0.29, 0.717) is 44.8 Å². The Bertz CT molecular complexity index is 920. The van der Waals surface area contributed by atoms with Gasteiger partial charge in [0.25, 0.3) is 0 Å². The minimum absolute atomic E-state index is 0.0302. The average Bonchev–Trinajstić information content (AvgIpc) is 2.73. The second-order valence-corrected chi connectivity index (χ2v) is 9.94. The lowest BCUT2D eigenvalue weighted by atomic mass is 9.95. The van der Waals surface area contributed by atoms with Gasteiger partial charge in [-0.2, -0.15) is 17.5 Å². The van der Waals surface area contributed by atoms with Crippen molar-refractivity contribution in [2.75, 3.05) is 26.2 Å². The smallest absolute Gasteiger partial charge is 0.353 e. The number of alkyl halides is 3. The van der Waals surface area contributed by atoms with Crippen LogP contribution in [0.3, 0.4) is 0 Å². The molecule has 2 saturated heterocycles. The van der Waals surface area contributed by atoms with Gasteiger partial charge >= 0.3 is 6.18 Å².